The van der Waals surface area contributed by atoms with E-state index in [-0.39, 0.29) is 10.8 Å². The zero-order chi connectivity index (χ0) is 15.6. The van der Waals surface area contributed by atoms with Gasteiger partial charge in [0.1, 0.15) is 0 Å². The molecule has 0 radical (unpaired) electrons. The number of halogens is 2. The van der Waals surface area contributed by atoms with Gasteiger partial charge < -0.3 is 4.90 Å². The van der Waals surface area contributed by atoms with Gasteiger partial charge >= 0.3 is 0 Å². The zero-order valence-corrected chi connectivity index (χ0v) is 14.8. The van der Waals surface area contributed by atoms with Gasteiger partial charge in [-0.2, -0.15) is 0 Å². The van der Waals surface area contributed by atoms with Crippen molar-refractivity contribution in [3.05, 3.63) is 28.2 Å². The highest BCUT2D eigenvalue weighted by molar-refractivity contribution is 9.10. The van der Waals surface area contributed by atoms with Crippen molar-refractivity contribution in [2.24, 2.45) is 5.92 Å². The second-order valence-corrected chi connectivity index (χ2v) is 8.62. The van der Waals surface area contributed by atoms with Gasteiger partial charge in [0.2, 0.25) is 0 Å². The van der Waals surface area contributed by atoms with E-state index in [2.05, 4.69) is 22.9 Å². The first kappa shape index (κ1) is 16.8. The third-order valence-electron chi connectivity index (χ3n) is 3.92. The standard InChI is InChI=1S/C14H17BrClNO3S/c1-2-10-5-7-17(8-6-10)14(18)11-3-4-12(15)13(9-11)21(16,19)20/h3-4,9-10H,2,5-8H2,1H3. The molecule has 21 heavy (non-hydrogen) atoms. The third kappa shape index (κ3) is 3.99. The monoisotopic (exact) mass is 393 g/mol. The molecule has 0 saturated carbocycles. The molecule has 0 atom stereocenters. The lowest BCUT2D eigenvalue weighted by Gasteiger charge is -2.31. The Labute approximate surface area is 138 Å². The van der Waals surface area contributed by atoms with Crippen LogP contribution >= 0.6 is 26.6 Å². The maximum atomic E-state index is 12.5. The van der Waals surface area contributed by atoms with Crippen LogP contribution in [-0.2, 0) is 9.05 Å². The van der Waals surface area contributed by atoms with E-state index in [1.807, 2.05) is 0 Å². The lowest BCUT2D eigenvalue weighted by Crippen LogP contribution is -2.38. The smallest absolute Gasteiger partial charge is 0.262 e. The molecule has 4 nitrogen and oxygen atoms in total. The summed E-state index contributed by atoms with van der Waals surface area (Å²) in [6, 6.07) is 4.49. The van der Waals surface area contributed by atoms with Crippen LogP contribution in [0.5, 0.6) is 0 Å². The average Bonchev–Trinajstić information content (AvgIpc) is 2.46. The molecule has 1 aliphatic heterocycles. The van der Waals surface area contributed by atoms with Crippen LogP contribution in [-0.4, -0.2) is 32.3 Å². The molecule has 0 unspecified atom stereocenters. The summed E-state index contributed by atoms with van der Waals surface area (Å²) in [5.41, 5.74) is 0.354. The average molecular weight is 395 g/mol. The van der Waals surface area contributed by atoms with Gasteiger partial charge in [0.25, 0.3) is 15.0 Å². The fourth-order valence-electron chi connectivity index (χ4n) is 2.55. The molecule has 1 amide bonds. The molecule has 0 N–H and O–H groups in total. The number of likely N-dealkylation sites (tertiary alicyclic amines) is 1. The number of carbonyl (C=O) groups is 1. The normalized spacial score (nSPS) is 17.0. The molecule has 1 saturated heterocycles. The molecular formula is C14H17BrClNO3S. The highest BCUT2D eigenvalue weighted by atomic mass is 79.9. The van der Waals surface area contributed by atoms with Crippen molar-refractivity contribution in [2.75, 3.05) is 13.1 Å². The second kappa shape index (κ2) is 6.67. The Morgan fingerprint density at radius 2 is 2.00 bits per heavy atom. The summed E-state index contributed by atoms with van der Waals surface area (Å²) in [5, 5.41) is 0. The van der Waals surface area contributed by atoms with Gasteiger partial charge in [0.05, 0.1) is 4.90 Å². The number of amides is 1. The van der Waals surface area contributed by atoms with E-state index in [1.54, 1.807) is 17.0 Å². The molecule has 1 fully saturated rings. The SMILES string of the molecule is CCC1CCN(C(=O)c2ccc(Br)c(S(=O)(=O)Cl)c2)CC1. The number of hydrogen-bond acceptors (Lipinski definition) is 3. The van der Waals surface area contributed by atoms with Gasteiger partial charge in [-0.15, -0.1) is 0 Å². The van der Waals surface area contributed by atoms with Crippen LogP contribution in [0, 0.1) is 5.92 Å². The number of nitrogens with zero attached hydrogens (tertiary/aromatic N) is 1. The first-order valence-electron chi connectivity index (χ1n) is 6.86. The van der Waals surface area contributed by atoms with E-state index in [0.29, 0.717) is 16.0 Å². The first-order valence-corrected chi connectivity index (χ1v) is 9.96. The molecule has 0 aliphatic carbocycles. The Hall–Kier alpha value is -0.590. The number of hydrogen-bond donors (Lipinski definition) is 0. The van der Waals surface area contributed by atoms with Gasteiger partial charge in [-0.3, -0.25) is 4.79 Å². The van der Waals surface area contributed by atoms with E-state index in [9.17, 15) is 13.2 Å². The van der Waals surface area contributed by atoms with E-state index >= 15 is 0 Å². The van der Waals surface area contributed by atoms with Gasteiger partial charge in [-0.25, -0.2) is 8.42 Å². The van der Waals surface area contributed by atoms with Gasteiger partial charge in [0.15, 0.2) is 0 Å². The van der Waals surface area contributed by atoms with Crippen LogP contribution in [0.3, 0.4) is 0 Å². The van der Waals surface area contributed by atoms with Crippen LogP contribution in [0.2, 0.25) is 0 Å². The maximum Gasteiger partial charge on any atom is 0.262 e. The summed E-state index contributed by atoms with van der Waals surface area (Å²) >= 11 is 3.14. The first-order chi connectivity index (χ1) is 9.82. The molecule has 1 aromatic carbocycles. The largest absolute Gasteiger partial charge is 0.339 e. The molecule has 1 heterocycles. The fourth-order valence-corrected chi connectivity index (χ4v) is 4.67. The Morgan fingerprint density at radius 1 is 1.38 bits per heavy atom. The summed E-state index contributed by atoms with van der Waals surface area (Å²) in [5.74, 6) is 0.538. The molecule has 0 bridgehead atoms. The lowest BCUT2D eigenvalue weighted by atomic mass is 9.94. The molecule has 2 rings (SSSR count). The minimum atomic E-state index is -3.88. The van der Waals surface area contributed by atoms with Crippen molar-refractivity contribution < 1.29 is 13.2 Å². The van der Waals surface area contributed by atoms with E-state index in [0.717, 1.165) is 32.4 Å². The van der Waals surface area contributed by atoms with Gasteiger partial charge in [-0.1, -0.05) is 13.3 Å². The molecule has 116 valence electrons. The maximum absolute atomic E-state index is 12.5. The molecule has 0 aromatic heterocycles. The predicted octanol–water partition coefficient (Wildman–Crippen LogP) is 3.64. The van der Waals surface area contributed by atoms with E-state index in [1.165, 1.54) is 6.07 Å². The predicted molar refractivity (Wildman–Crippen MR) is 86.1 cm³/mol. The number of carbonyl (C=O) groups excluding carboxylic acids is 1. The fraction of sp³-hybridized carbons (Fsp3) is 0.500. The molecule has 1 aliphatic rings. The van der Waals surface area contributed by atoms with Crippen LogP contribution in [0.4, 0.5) is 0 Å². The Kier molecular flexibility index (Phi) is 5.33. The highest BCUT2D eigenvalue weighted by Crippen LogP contribution is 2.27. The lowest BCUT2D eigenvalue weighted by molar-refractivity contribution is 0.0688. The number of benzene rings is 1. The highest BCUT2D eigenvalue weighted by Gasteiger charge is 2.24. The number of piperidine rings is 1. The summed E-state index contributed by atoms with van der Waals surface area (Å²) in [6.07, 6.45) is 3.13. The minimum absolute atomic E-state index is 0.0709. The van der Waals surface area contributed by atoms with Crippen molar-refractivity contribution in [3.63, 3.8) is 0 Å². The van der Waals surface area contributed by atoms with Crippen LogP contribution in [0.1, 0.15) is 36.5 Å². The Balaban J connectivity index is 2.21. The second-order valence-electron chi connectivity index (χ2n) is 5.23. The summed E-state index contributed by atoms with van der Waals surface area (Å²) in [7, 11) is 1.50. The van der Waals surface area contributed by atoms with Crippen LogP contribution in [0.25, 0.3) is 0 Å². The summed E-state index contributed by atoms with van der Waals surface area (Å²) in [4.78, 5) is 14.2. The van der Waals surface area contributed by atoms with E-state index in [4.69, 9.17) is 10.7 Å². The summed E-state index contributed by atoms with van der Waals surface area (Å²) in [6.45, 7) is 3.60. The van der Waals surface area contributed by atoms with Crippen molar-refractivity contribution in [2.45, 2.75) is 31.1 Å². The molecule has 1 aromatic rings. The molecular weight excluding hydrogens is 378 g/mol. The Morgan fingerprint density at radius 3 is 2.52 bits per heavy atom. The third-order valence-corrected chi connectivity index (χ3v) is 6.24. The quantitative estimate of drug-likeness (QED) is 0.736. The summed E-state index contributed by atoms with van der Waals surface area (Å²) < 4.78 is 23.4. The van der Waals surface area contributed by atoms with Crippen molar-refractivity contribution >= 4 is 41.6 Å². The van der Waals surface area contributed by atoms with Gasteiger partial charge in [-0.05, 0) is 52.9 Å². The van der Waals surface area contributed by atoms with Crippen molar-refractivity contribution in [1.29, 1.82) is 0 Å². The van der Waals surface area contributed by atoms with Crippen molar-refractivity contribution in [3.8, 4) is 0 Å². The topological polar surface area (TPSA) is 54.5 Å². The van der Waals surface area contributed by atoms with E-state index < -0.39 is 9.05 Å². The molecule has 7 heteroatoms. The minimum Gasteiger partial charge on any atom is -0.339 e. The Bertz CT molecular complexity index is 640. The molecule has 0 spiro atoms. The van der Waals surface area contributed by atoms with Gasteiger partial charge in [0, 0.05) is 33.8 Å². The van der Waals surface area contributed by atoms with Crippen molar-refractivity contribution in [1.82, 2.24) is 4.90 Å². The number of rotatable bonds is 3. The van der Waals surface area contributed by atoms with Crippen LogP contribution in [0.15, 0.2) is 27.6 Å². The van der Waals surface area contributed by atoms with Crippen LogP contribution < -0.4 is 0 Å². The zero-order valence-electron chi connectivity index (χ0n) is 11.7.